The molecule has 0 bridgehead atoms. The first-order valence-corrected chi connectivity index (χ1v) is 8.46. The number of benzene rings is 1. The van der Waals surface area contributed by atoms with Crippen LogP contribution in [0.15, 0.2) is 27.8 Å². The second-order valence-electron chi connectivity index (χ2n) is 6.12. The number of aliphatic imine (C=N–C) groups is 1. The molecule has 13 heteroatoms. The van der Waals surface area contributed by atoms with Gasteiger partial charge in [0.05, 0.1) is 17.3 Å². The van der Waals surface area contributed by atoms with Crippen LogP contribution in [0, 0.1) is 11.2 Å². The van der Waals surface area contributed by atoms with Crippen molar-refractivity contribution in [2.75, 3.05) is 13.2 Å². The van der Waals surface area contributed by atoms with Crippen LogP contribution in [0.5, 0.6) is 5.88 Å². The van der Waals surface area contributed by atoms with E-state index in [1.165, 1.54) is 26.0 Å². The number of amidine groups is 1. The molecule has 1 aromatic carbocycles. The number of amides is 1. The molecule has 0 radical (unpaired) electrons. The zero-order chi connectivity index (χ0) is 21.6. The first-order chi connectivity index (χ1) is 13.7. The normalized spacial score (nSPS) is 11.8. The lowest BCUT2D eigenvalue weighted by Gasteiger charge is -2.18. The Hall–Kier alpha value is -3.25. The summed E-state index contributed by atoms with van der Waals surface area (Å²) >= 11 is 5.69. The van der Waals surface area contributed by atoms with E-state index in [0.717, 1.165) is 6.07 Å². The van der Waals surface area contributed by atoms with Gasteiger partial charge in [-0.05, 0) is 42.4 Å². The molecule has 0 aliphatic rings. The molecule has 0 saturated carbocycles. The first-order valence-electron chi connectivity index (χ1n) is 8.08. The number of aromatic nitrogens is 2. The lowest BCUT2D eigenvalue weighted by atomic mass is 9.93. The summed E-state index contributed by atoms with van der Waals surface area (Å²) in [6.45, 7) is 2.39. The van der Waals surface area contributed by atoms with Gasteiger partial charge >= 0.3 is 5.97 Å². The number of halogens is 2. The van der Waals surface area contributed by atoms with E-state index >= 15 is 0 Å². The summed E-state index contributed by atoms with van der Waals surface area (Å²) in [5.74, 6) is -2.98. The third-order valence-corrected chi connectivity index (χ3v) is 3.95. The summed E-state index contributed by atoms with van der Waals surface area (Å²) in [4.78, 5) is 26.9. The Morgan fingerprint density at radius 1 is 1.38 bits per heavy atom. The number of rotatable bonds is 8. The standard InChI is InChI=1S/C16H17ClFN5O6/c1-16(2,15(25)26)14(24)19-5-6-28-13-11(22-29-23-13)12(21-27)20-8-3-4-10(18)9(17)7-8/h3-4,7,27H,5-6H2,1-2H3,(H,19,24)(H,20,21)(H,25,26). The number of aliphatic carboxylic acids is 1. The zero-order valence-corrected chi connectivity index (χ0v) is 16.0. The molecule has 11 nitrogen and oxygen atoms in total. The van der Waals surface area contributed by atoms with Gasteiger partial charge in [-0.25, -0.2) is 14.0 Å². The fraction of sp³-hybridized carbons (Fsp3) is 0.312. The number of hydrogen-bond acceptors (Lipinski definition) is 8. The summed E-state index contributed by atoms with van der Waals surface area (Å²) in [7, 11) is 0. The van der Waals surface area contributed by atoms with Crippen LogP contribution in [0.25, 0.3) is 0 Å². The summed E-state index contributed by atoms with van der Waals surface area (Å²) in [5.41, 5.74) is 0.297. The molecule has 1 amide bonds. The molecule has 0 saturated heterocycles. The summed E-state index contributed by atoms with van der Waals surface area (Å²) in [5, 5.41) is 27.7. The van der Waals surface area contributed by atoms with E-state index in [9.17, 15) is 19.2 Å². The molecule has 0 spiro atoms. The quantitative estimate of drug-likeness (QED) is 0.160. The van der Waals surface area contributed by atoms with Gasteiger partial charge in [-0.15, -0.1) is 0 Å². The van der Waals surface area contributed by atoms with Crippen LogP contribution in [-0.2, 0) is 9.59 Å². The maximum atomic E-state index is 13.2. The Morgan fingerprint density at radius 3 is 2.72 bits per heavy atom. The molecule has 1 aromatic heterocycles. The smallest absolute Gasteiger partial charge is 0.318 e. The van der Waals surface area contributed by atoms with E-state index in [0.29, 0.717) is 0 Å². The van der Waals surface area contributed by atoms with E-state index in [4.69, 9.17) is 21.4 Å². The topological polar surface area (TPSA) is 159 Å². The molecule has 1 heterocycles. The van der Waals surface area contributed by atoms with E-state index in [-0.39, 0.29) is 41.3 Å². The molecule has 29 heavy (non-hydrogen) atoms. The highest BCUT2D eigenvalue weighted by molar-refractivity contribution is 6.31. The molecule has 0 aliphatic heterocycles. The number of nitrogens with zero attached hydrogens (tertiary/aromatic N) is 3. The molecule has 0 fully saturated rings. The van der Waals surface area contributed by atoms with E-state index in [2.05, 4.69) is 25.3 Å². The van der Waals surface area contributed by atoms with Crippen molar-refractivity contribution in [2.45, 2.75) is 13.8 Å². The first kappa shape index (κ1) is 22.0. The molecule has 0 aliphatic carbocycles. The van der Waals surface area contributed by atoms with Crippen molar-refractivity contribution in [2.24, 2.45) is 10.4 Å². The van der Waals surface area contributed by atoms with Crippen LogP contribution in [0.2, 0.25) is 5.02 Å². The van der Waals surface area contributed by atoms with Crippen molar-refractivity contribution < 1.29 is 33.7 Å². The Kier molecular flexibility index (Phi) is 7.07. The van der Waals surface area contributed by atoms with Crippen LogP contribution >= 0.6 is 11.6 Å². The molecule has 4 N–H and O–H groups in total. The maximum absolute atomic E-state index is 13.2. The Labute approximate surface area is 168 Å². The number of carbonyl (C=O) groups excluding carboxylic acids is 1. The van der Waals surface area contributed by atoms with E-state index in [1.807, 2.05) is 0 Å². The van der Waals surface area contributed by atoms with Crippen molar-refractivity contribution in [3.05, 3.63) is 34.7 Å². The van der Waals surface area contributed by atoms with Crippen molar-refractivity contribution in [3.63, 3.8) is 0 Å². The lowest BCUT2D eigenvalue weighted by molar-refractivity contribution is -0.153. The van der Waals surface area contributed by atoms with Gasteiger partial charge in [-0.2, -0.15) is 0 Å². The Bertz CT molecular complexity index is 932. The third-order valence-electron chi connectivity index (χ3n) is 3.66. The number of ether oxygens (including phenoxy) is 1. The van der Waals surface area contributed by atoms with Gasteiger partial charge in [0.15, 0.2) is 5.84 Å². The van der Waals surface area contributed by atoms with Crippen molar-refractivity contribution in [1.29, 1.82) is 0 Å². The average Bonchev–Trinajstić information content (AvgIpc) is 3.14. The van der Waals surface area contributed by atoms with Crippen LogP contribution in [0.3, 0.4) is 0 Å². The fourth-order valence-corrected chi connectivity index (χ4v) is 2.04. The Balaban J connectivity index is 2.04. The van der Waals surface area contributed by atoms with Gasteiger partial charge in [0, 0.05) is 0 Å². The molecule has 2 rings (SSSR count). The number of carboxylic acid groups (broad SMARTS) is 1. The van der Waals surface area contributed by atoms with Gasteiger partial charge in [0.25, 0.3) is 5.88 Å². The van der Waals surface area contributed by atoms with Crippen molar-refractivity contribution >= 4 is 35.0 Å². The van der Waals surface area contributed by atoms with Gasteiger partial charge < -0.3 is 15.2 Å². The summed E-state index contributed by atoms with van der Waals surface area (Å²) < 4.78 is 23.1. The highest BCUT2D eigenvalue weighted by Gasteiger charge is 2.35. The van der Waals surface area contributed by atoms with Gasteiger partial charge in [0.2, 0.25) is 11.6 Å². The molecule has 0 unspecified atom stereocenters. The number of carbonyl (C=O) groups is 2. The van der Waals surface area contributed by atoms with Crippen LogP contribution < -0.4 is 15.5 Å². The highest BCUT2D eigenvalue weighted by Crippen LogP contribution is 2.23. The third kappa shape index (κ3) is 5.39. The predicted molar refractivity (Wildman–Crippen MR) is 96.7 cm³/mol. The van der Waals surface area contributed by atoms with Crippen LogP contribution in [-0.4, -0.2) is 51.5 Å². The van der Waals surface area contributed by atoms with Gasteiger partial charge in [-0.1, -0.05) is 11.6 Å². The number of hydrogen-bond donors (Lipinski definition) is 4. The fourth-order valence-electron chi connectivity index (χ4n) is 1.86. The molecule has 2 aromatic rings. The second kappa shape index (κ2) is 9.30. The van der Waals surface area contributed by atoms with Crippen molar-refractivity contribution in [1.82, 2.24) is 21.1 Å². The maximum Gasteiger partial charge on any atom is 0.318 e. The van der Waals surface area contributed by atoms with Gasteiger partial charge in [-0.3, -0.25) is 20.3 Å². The predicted octanol–water partition coefficient (Wildman–Crippen LogP) is 1.53. The monoisotopic (exact) mass is 429 g/mol. The molecule has 0 atom stereocenters. The molecular formula is C16H17ClFN5O6. The minimum Gasteiger partial charge on any atom is -0.480 e. The van der Waals surface area contributed by atoms with E-state index in [1.54, 1.807) is 5.48 Å². The lowest BCUT2D eigenvalue weighted by Crippen LogP contribution is -2.43. The minimum atomic E-state index is -1.60. The molecule has 156 valence electrons. The minimum absolute atomic E-state index is 0.0333. The number of carboxylic acids is 1. The number of nitrogens with one attached hydrogen (secondary N) is 2. The highest BCUT2D eigenvalue weighted by atomic mass is 35.5. The Morgan fingerprint density at radius 2 is 2.10 bits per heavy atom. The van der Waals surface area contributed by atoms with Crippen LogP contribution in [0.1, 0.15) is 19.5 Å². The largest absolute Gasteiger partial charge is 0.480 e. The zero-order valence-electron chi connectivity index (χ0n) is 15.3. The number of hydroxylamine groups is 1. The van der Waals surface area contributed by atoms with Gasteiger partial charge in [0.1, 0.15) is 17.8 Å². The van der Waals surface area contributed by atoms with Crippen molar-refractivity contribution in [3.8, 4) is 5.88 Å². The summed E-state index contributed by atoms with van der Waals surface area (Å²) in [6.07, 6.45) is 0. The van der Waals surface area contributed by atoms with E-state index < -0.39 is 23.1 Å². The second-order valence-corrected chi connectivity index (χ2v) is 6.53. The SMILES string of the molecule is CC(C)(C(=O)O)C(=O)NCCOc1nonc1C(=Nc1ccc(F)c(Cl)c1)NO. The average molecular weight is 430 g/mol. The summed E-state index contributed by atoms with van der Waals surface area (Å²) in [6, 6.07) is 3.63. The molecular weight excluding hydrogens is 413 g/mol. The van der Waals surface area contributed by atoms with Crippen LogP contribution in [0.4, 0.5) is 10.1 Å².